The molecule has 1 aliphatic carbocycles. The molecule has 0 heterocycles. The van der Waals surface area contributed by atoms with Gasteiger partial charge in [0.2, 0.25) is 11.9 Å². The molecule has 8 nitrogen and oxygen atoms in total. The number of esters is 1. The van der Waals surface area contributed by atoms with Crippen LogP contribution in [0.15, 0.2) is 35.3 Å². The zero-order valence-electron chi connectivity index (χ0n) is 17.7. The third-order valence-corrected chi connectivity index (χ3v) is 5.70. The Morgan fingerprint density at radius 3 is 2.53 bits per heavy atom. The molecule has 1 aliphatic rings. The highest BCUT2D eigenvalue weighted by molar-refractivity contribution is 5.81. The summed E-state index contributed by atoms with van der Waals surface area (Å²) in [4.78, 5) is 27.6. The number of rotatable bonds is 8. The number of carbonyl (C=O) groups is 2. The number of benzene rings is 1. The summed E-state index contributed by atoms with van der Waals surface area (Å²) in [5.41, 5.74) is 1.08. The number of methoxy groups -OCH3 is 1. The molecule has 0 bridgehead atoms. The van der Waals surface area contributed by atoms with E-state index < -0.39 is 0 Å². The van der Waals surface area contributed by atoms with Crippen molar-refractivity contribution in [2.45, 2.75) is 56.4 Å². The number of nitrogens with zero attached hydrogens (tertiary/aromatic N) is 2. The van der Waals surface area contributed by atoms with E-state index in [4.69, 9.17) is 5.26 Å². The molecule has 8 heteroatoms. The monoisotopic (exact) mass is 413 g/mol. The zero-order valence-corrected chi connectivity index (χ0v) is 17.7. The van der Waals surface area contributed by atoms with Crippen LogP contribution in [0.5, 0.6) is 0 Å². The number of hydrogen-bond acceptors (Lipinski definition) is 5. The Kier molecular flexibility index (Phi) is 9.13. The lowest BCUT2D eigenvalue weighted by atomic mass is 9.68. The number of hydrogen-bond donors (Lipinski definition) is 3. The Hall–Kier alpha value is -3.08. The smallest absolute Gasteiger partial charge is 0.305 e. The van der Waals surface area contributed by atoms with Gasteiger partial charge in [-0.3, -0.25) is 19.9 Å². The van der Waals surface area contributed by atoms with Crippen molar-refractivity contribution >= 4 is 17.8 Å². The van der Waals surface area contributed by atoms with Crippen molar-refractivity contribution in [2.75, 3.05) is 20.7 Å². The Bertz CT molecular complexity index is 765. The third kappa shape index (κ3) is 6.76. The van der Waals surface area contributed by atoms with Crippen LogP contribution >= 0.6 is 0 Å². The zero-order chi connectivity index (χ0) is 21.8. The Morgan fingerprint density at radius 1 is 1.23 bits per heavy atom. The van der Waals surface area contributed by atoms with E-state index in [1.165, 1.54) is 12.7 Å². The molecule has 0 aromatic heterocycles. The largest absolute Gasteiger partial charge is 0.469 e. The summed E-state index contributed by atoms with van der Waals surface area (Å²) in [7, 11) is 2.99. The number of aliphatic imine (C=N–C) groups is 1. The van der Waals surface area contributed by atoms with Gasteiger partial charge in [-0.2, -0.15) is 5.26 Å². The summed E-state index contributed by atoms with van der Waals surface area (Å²) >= 11 is 0. The first-order valence-corrected chi connectivity index (χ1v) is 10.3. The molecule has 3 N–H and O–H groups in total. The van der Waals surface area contributed by atoms with E-state index in [-0.39, 0.29) is 29.8 Å². The van der Waals surface area contributed by atoms with Crippen molar-refractivity contribution in [1.29, 1.82) is 5.26 Å². The van der Waals surface area contributed by atoms with E-state index in [1.807, 2.05) is 24.4 Å². The second-order valence-electron chi connectivity index (χ2n) is 7.58. The van der Waals surface area contributed by atoms with Crippen LogP contribution in [0, 0.1) is 11.5 Å². The molecule has 1 amide bonds. The number of carbonyl (C=O) groups excluding carboxylic acids is 2. The Balaban J connectivity index is 1.97. The maximum atomic E-state index is 12.3. The summed E-state index contributed by atoms with van der Waals surface area (Å²) in [6.07, 6.45) is 6.54. The maximum absolute atomic E-state index is 12.3. The average molecular weight is 414 g/mol. The molecule has 0 unspecified atom stereocenters. The predicted molar refractivity (Wildman–Crippen MR) is 114 cm³/mol. The van der Waals surface area contributed by atoms with Gasteiger partial charge in [0.1, 0.15) is 0 Å². The second kappa shape index (κ2) is 11.8. The summed E-state index contributed by atoms with van der Waals surface area (Å²) in [6.45, 7) is 0.561. The predicted octanol–water partition coefficient (Wildman–Crippen LogP) is 1.97. The SMILES string of the molecule is CN=C(NC#N)NC1CCC(CNC(=O)CCCC(=O)OC)(c2ccccc2)CC1. The van der Waals surface area contributed by atoms with E-state index >= 15 is 0 Å². The first kappa shape index (κ1) is 23.2. The number of ether oxygens (including phenoxy) is 1. The number of guanidine groups is 1. The van der Waals surface area contributed by atoms with Crippen LogP contribution in [-0.4, -0.2) is 44.6 Å². The fourth-order valence-corrected chi connectivity index (χ4v) is 3.93. The molecule has 0 atom stereocenters. The van der Waals surface area contributed by atoms with Crippen LogP contribution in [0.2, 0.25) is 0 Å². The lowest BCUT2D eigenvalue weighted by molar-refractivity contribution is -0.140. The average Bonchev–Trinajstić information content (AvgIpc) is 2.78. The first-order chi connectivity index (χ1) is 14.5. The Labute approximate surface area is 178 Å². The molecule has 0 spiro atoms. The highest BCUT2D eigenvalue weighted by Crippen LogP contribution is 2.39. The summed E-state index contributed by atoms with van der Waals surface area (Å²) in [5.74, 6) is 0.136. The molecule has 0 radical (unpaired) electrons. The van der Waals surface area contributed by atoms with Gasteiger partial charge < -0.3 is 15.4 Å². The molecule has 30 heavy (non-hydrogen) atoms. The van der Waals surface area contributed by atoms with E-state index in [0.29, 0.717) is 25.3 Å². The minimum atomic E-state index is -0.296. The Morgan fingerprint density at radius 2 is 1.93 bits per heavy atom. The molecular formula is C22H31N5O3. The van der Waals surface area contributed by atoms with Crippen molar-refractivity contribution in [3.05, 3.63) is 35.9 Å². The van der Waals surface area contributed by atoms with Gasteiger partial charge in [0.25, 0.3) is 0 Å². The topological polar surface area (TPSA) is 116 Å². The third-order valence-electron chi connectivity index (χ3n) is 5.70. The van der Waals surface area contributed by atoms with E-state index in [9.17, 15) is 9.59 Å². The summed E-state index contributed by atoms with van der Waals surface area (Å²) < 4.78 is 4.61. The van der Waals surface area contributed by atoms with Crippen LogP contribution in [0.3, 0.4) is 0 Å². The second-order valence-corrected chi connectivity index (χ2v) is 7.58. The number of nitriles is 1. The van der Waals surface area contributed by atoms with Crippen molar-refractivity contribution < 1.29 is 14.3 Å². The van der Waals surface area contributed by atoms with Crippen LogP contribution in [-0.2, 0) is 19.7 Å². The lowest BCUT2D eigenvalue weighted by Crippen LogP contribution is -2.49. The van der Waals surface area contributed by atoms with E-state index in [1.54, 1.807) is 7.05 Å². The lowest BCUT2D eigenvalue weighted by Gasteiger charge is -2.41. The summed E-state index contributed by atoms with van der Waals surface area (Å²) in [5, 5.41) is 17.7. The van der Waals surface area contributed by atoms with Crippen LogP contribution in [0.25, 0.3) is 0 Å². The maximum Gasteiger partial charge on any atom is 0.305 e. The van der Waals surface area contributed by atoms with Crippen molar-refractivity contribution in [3.8, 4) is 6.19 Å². The molecule has 1 fully saturated rings. The minimum absolute atomic E-state index is 0.0481. The normalized spacial score (nSPS) is 21.2. The van der Waals surface area contributed by atoms with Gasteiger partial charge in [-0.15, -0.1) is 0 Å². The molecule has 2 rings (SSSR count). The van der Waals surface area contributed by atoms with Crippen molar-refractivity contribution in [1.82, 2.24) is 16.0 Å². The fraction of sp³-hybridized carbons (Fsp3) is 0.545. The standard InChI is InChI=1S/C22H31N5O3/c1-24-21(26-16-23)27-18-11-13-22(14-12-18,17-7-4-3-5-8-17)15-25-19(28)9-6-10-20(29)30-2/h3-5,7-8,18H,6,9-15H2,1-2H3,(H,25,28)(H2,24,26,27). The van der Waals surface area contributed by atoms with Gasteiger partial charge in [-0.25, -0.2) is 0 Å². The van der Waals surface area contributed by atoms with Crippen LogP contribution < -0.4 is 16.0 Å². The van der Waals surface area contributed by atoms with Gasteiger partial charge in [0, 0.05) is 37.9 Å². The summed E-state index contributed by atoms with van der Waals surface area (Å²) in [6, 6.07) is 10.5. The fourth-order valence-electron chi connectivity index (χ4n) is 3.93. The quantitative estimate of drug-likeness (QED) is 0.197. The molecule has 0 saturated heterocycles. The number of nitrogens with one attached hydrogen (secondary N) is 3. The van der Waals surface area contributed by atoms with Gasteiger partial charge in [0.05, 0.1) is 7.11 Å². The van der Waals surface area contributed by atoms with E-state index in [2.05, 4.69) is 37.8 Å². The van der Waals surface area contributed by atoms with Crippen molar-refractivity contribution in [3.63, 3.8) is 0 Å². The molecule has 0 aliphatic heterocycles. The van der Waals surface area contributed by atoms with Gasteiger partial charge in [-0.1, -0.05) is 30.3 Å². The minimum Gasteiger partial charge on any atom is -0.469 e. The molecule has 1 aromatic rings. The van der Waals surface area contributed by atoms with E-state index in [0.717, 1.165) is 25.7 Å². The van der Waals surface area contributed by atoms with Gasteiger partial charge in [-0.05, 0) is 37.7 Å². The highest BCUT2D eigenvalue weighted by atomic mass is 16.5. The van der Waals surface area contributed by atoms with Crippen LogP contribution in [0.1, 0.15) is 50.5 Å². The number of amides is 1. The molecule has 1 aromatic carbocycles. The molecular weight excluding hydrogens is 382 g/mol. The van der Waals surface area contributed by atoms with Gasteiger partial charge in [0.15, 0.2) is 6.19 Å². The first-order valence-electron chi connectivity index (χ1n) is 10.3. The molecule has 162 valence electrons. The van der Waals surface area contributed by atoms with Crippen molar-refractivity contribution in [2.24, 2.45) is 4.99 Å². The van der Waals surface area contributed by atoms with Crippen LogP contribution in [0.4, 0.5) is 0 Å². The van der Waals surface area contributed by atoms with Gasteiger partial charge >= 0.3 is 5.97 Å². The molecule has 1 saturated carbocycles. The highest BCUT2D eigenvalue weighted by Gasteiger charge is 2.37.